The highest BCUT2D eigenvalue weighted by molar-refractivity contribution is 9.10. The van der Waals surface area contributed by atoms with Crippen LogP contribution in [-0.2, 0) is 9.59 Å². The molecule has 1 aliphatic heterocycles. The van der Waals surface area contributed by atoms with Gasteiger partial charge in [0.05, 0.1) is 13.5 Å². The van der Waals surface area contributed by atoms with E-state index in [9.17, 15) is 14.4 Å². The van der Waals surface area contributed by atoms with Crippen molar-refractivity contribution < 1.29 is 19.1 Å². The average Bonchev–Trinajstić information content (AvgIpc) is 2.98. The molecule has 2 aromatic rings. The van der Waals surface area contributed by atoms with Crippen molar-refractivity contribution in [3.63, 3.8) is 0 Å². The molecule has 31 heavy (non-hydrogen) atoms. The molecule has 2 aromatic carbocycles. The van der Waals surface area contributed by atoms with Gasteiger partial charge >= 0.3 is 0 Å². The maximum atomic E-state index is 12.8. The third kappa shape index (κ3) is 5.20. The van der Waals surface area contributed by atoms with Gasteiger partial charge in [-0.15, -0.1) is 0 Å². The number of likely N-dealkylation sites (N-methyl/N-ethyl adjacent to an activating group) is 1. The molecule has 10 heteroatoms. The van der Waals surface area contributed by atoms with E-state index in [-0.39, 0.29) is 23.3 Å². The first-order valence-electron chi connectivity index (χ1n) is 9.49. The van der Waals surface area contributed by atoms with E-state index in [2.05, 4.69) is 26.7 Å². The second-order valence-corrected chi connectivity index (χ2v) is 7.96. The standard InChI is InChI=1S/C21H21BrN4O4S/c1-3-25-20(29)17(12-18(27)23-15-8-10-16(30-2)11-9-15)26(21(25)31)24-19(28)13-4-6-14(22)7-5-13/h4-11,17H,3,12H2,1-2H3,(H,23,27)(H,24,28). The minimum atomic E-state index is -0.940. The lowest BCUT2D eigenvalue weighted by atomic mass is 10.1. The number of hydrogen-bond acceptors (Lipinski definition) is 5. The fourth-order valence-electron chi connectivity index (χ4n) is 3.08. The second kappa shape index (κ2) is 9.88. The Kier molecular flexibility index (Phi) is 7.24. The maximum Gasteiger partial charge on any atom is 0.269 e. The van der Waals surface area contributed by atoms with Gasteiger partial charge in [-0.05, 0) is 67.7 Å². The average molecular weight is 505 g/mol. The Morgan fingerprint density at radius 1 is 1.13 bits per heavy atom. The Bertz CT molecular complexity index is 997. The first-order valence-corrected chi connectivity index (χ1v) is 10.7. The topological polar surface area (TPSA) is 91.0 Å². The van der Waals surface area contributed by atoms with Crippen LogP contribution in [0.2, 0.25) is 0 Å². The number of rotatable bonds is 7. The van der Waals surface area contributed by atoms with E-state index in [1.165, 1.54) is 9.91 Å². The largest absolute Gasteiger partial charge is 0.497 e. The van der Waals surface area contributed by atoms with Gasteiger partial charge in [-0.2, -0.15) is 0 Å². The Labute approximate surface area is 193 Å². The summed E-state index contributed by atoms with van der Waals surface area (Å²) in [7, 11) is 1.55. The number of methoxy groups -OCH3 is 1. The number of halogens is 1. The molecule has 162 valence electrons. The number of carbonyl (C=O) groups is 3. The van der Waals surface area contributed by atoms with Crippen LogP contribution in [-0.4, -0.2) is 52.4 Å². The summed E-state index contributed by atoms with van der Waals surface area (Å²) in [6.07, 6.45) is -0.178. The number of nitrogens with one attached hydrogen (secondary N) is 2. The maximum absolute atomic E-state index is 12.8. The van der Waals surface area contributed by atoms with Gasteiger partial charge in [0.1, 0.15) is 11.8 Å². The molecule has 0 bridgehead atoms. The number of anilines is 1. The zero-order valence-corrected chi connectivity index (χ0v) is 19.3. The Hall–Kier alpha value is -2.98. The molecule has 1 unspecified atom stereocenters. The zero-order chi connectivity index (χ0) is 22.5. The molecular weight excluding hydrogens is 484 g/mol. The van der Waals surface area contributed by atoms with E-state index in [1.54, 1.807) is 62.6 Å². The lowest BCUT2D eigenvalue weighted by molar-refractivity contribution is -0.130. The van der Waals surface area contributed by atoms with Gasteiger partial charge in [-0.3, -0.25) is 24.7 Å². The van der Waals surface area contributed by atoms with Gasteiger partial charge in [0.15, 0.2) is 5.11 Å². The van der Waals surface area contributed by atoms with Crippen LogP contribution in [0.25, 0.3) is 0 Å². The van der Waals surface area contributed by atoms with Gasteiger partial charge < -0.3 is 10.1 Å². The SMILES string of the molecule is CCN1C(=O)C(CC(=O)Nc2ccc(OC)cc2)N(NC(=O)c2ccc(Br)cc2)C1=S. The second-order valence-electron chi connectivity index (χ2n) is 6.68. The summed E-state index contributed by atoms with van der Waals surface area (Å²) in [5.74, 6) is -0.489. The summed E-state index contributed by atoms with van der Waals surface area (Å²) in [4.78, 5) is 39.5. The summed E-state index contributed by atoms with van der Waals surface area (Å²) in [5, 5.41) is 4.19. The van der Waals surface area contributed by atoms with Crippen LogP contribution in [0, 0.1) is 0 Å². The molecule has 0 aromatic heterocycles. The highest BCUT2D eigenvalue weighted by Crippen LogP contribution is 2.21. The van der Waals surface area contributed by atoms with Crippen molar-refractivity contribution in [1.82, 2.24) is 15.3 Å². The van der Waals surface area contributed by atoms with Crippen molar-refractivity contribution >= 4 is 56.7 Å². The molecule has 1 aliphatic rings. The fraction of sp³-hybridized carbons (Fsp3) is 0.238. The van der Waals surface area contributed by atoms with E-state index < -0.39 is 11.9 Å². The van der Waals surface area contributed by atoms with Crippen LogP contribution >= 0.6 is 28.1 Å². The van der Waals surface area contributed by atoms with Gasteiger partial charge in [0, 0.05) is 22.3 Å². The predicted octanol–water partition coefficient (Wildman–Crippen LogP) is 2.95. The van der Waals surface area contributed by atoms with Crippen molar-refractivity contribution in [3.8, 4) is 5.75 Å². The first-order chi connectivity index (χ1) is 14.8. The van der Waals surface area contributed by atoms with Crippen molar-refractivity contribution in [2.45, 2.75) is 19.4 Å². The summed E-state index contributed by atoms with van der Waals surface area (Å²) in [5.41, 5.74) is 3.64. The molecule has 1 heterocycles. The lowest BCUT2D eigenvalue weighted by Crippen LogP contribution is -2.49. The van der Waals surface area contributed by atoms with E-state index in [0.29, 0.717) is 23.5 Å². The number of ether oxygens (including phenoxy) is 1. The minimum absolute atomic E-state index is 0.153. The van der Waals surface area contributed by atoms with Crippen LogP contribution < -0.4 is 15.5 Å². The van der Waals surface area contributed by atoms with Crippen molar-refractivity contribution in [2.75, 3.05) is 19.0 Å². The minimum Gasteiger partial charge on any atom is -0.497 e. The molecule has 0 aliphatic carbocycles. The van der Waals surface area contributed by atoms with Gasteiger partial charge in [-0.25, -0.2) is 5.01 Å². The quantitative estimate of drug-likeness (QED) is 0.563. The molecule has 0 radical (unpaired) electrons. The molecule has 8 nitrogen and oxygen atoms in total. The number of hydrazine groups is 1. The summed E-state index contributed by atoms with van der Waals surface area (Å²) in [6.45, 7) is 2.11. The number of benzene rings is 2. The van der Waals surface area contributed by atoms with Crippen LogP contribution in [0.15, 0.2) is 53.0 Å². The normalized spacial score (nSPS) is 15.8. The summed E-state index contributed by atoms with van der Waals surface area (Å²) in [6, 6.07) is 12.6. The molecule has 3 rings (SSSR count). The lowest BCUT2D eigenvalue weighted by Gasteiger charge is -2.24. The smallest absolute Gasteiger partial charge is 0.269 e. The number of amides is 3. The van der Waals surface area contributed by atoms with Gasteiger partial charge in [0.2, 0.25) is 5.91 Å². The number of thiocarbonyl (C=S) groups is 1. The first kappa shape index (κ1) is 22.7. The third-order valence-electron chi connectivity index (χ3n) is 4.70. The monoisotopic (exact) mass is 504 g/mol. The number of nitrogens with zero attached hydrogens (tertiary/aromatic N) is 2. The third-order valence-corrected chi connectivity index (χ3v) is 5.64. The van der Waals surface area contributed by atoms with Crippen LogP contribution in [0.4, 0.5) is 5.69 Å². The van der Waals surface area contributed by atoms with E-state index >= 15 is 0 Å². The molecule has 0 saturated carbocycles. The van der Waals surface area contributed by atoms with E-state index in [1.807, 2.05) is 0 Å². The highest BCUT2D eigenvalue weighted by atomic mass is 79.9. The van der Waals surface area contributed by atoms with Crippen LogP contribution in [0.3, 0.4) is 0 Å². The Morgan fingerprint density at radius 2 is 1.77 bits per heavy atom. The van der Waals surface area contributed by atoms with Crippen LogP contribution in [0.1, 0.15) is 23.7 Å². The summed E-state index contributed by atoms with van der Waals surface area (Å²) < 4.78 is 5.93. The van der Waals surface area contributed by atoms with E-state index in [4.69, 9.17) is 17.0 Å². The van der Waals surface area contributed by atoms with Crippen LogP contribution in [0.5, 0.6) is 5.75 Å². The van der Waals surface area contributed by atoms with Crippen molar-refractivity contribution in [2.24, 2.45) is 0 Å². The molecule has 1 saturated heterocycles. The molecule has 0 spiro atoms. The number of carbonyl (C=O) groups excluding carboxylic acids is 3. The van der Waals surface area contributed by atoms with Gasteiger partial charge in [-0.1, -0.05) is 15.9 Å². The van der Waals surface area contributed by atoms with E-state index in [0.717, 1.165) is 4.47 Å². The predicted molar refractivity (Wildman–Crippen MR) is 123 cm³/mol. The van der Waals surface area contributed by atoms with Gasteiger partial charge in [0.25, 0.3) is 11.8 Å². The molecule has 1 fully saturated rings. The highest BCUT2D eigenvalue weighted by Gasteiger charge is 2.43. The van der Waals surface area contributed by atoms with Crippen molar-refractivity contribution in [3.05, 3.63) is 58.6 Å². The fourth-order valence-corrected chi connectivity index (χ4v) is 3.74. The molecule has 2 N–H and O–H groups in total. The Balaban J connectivity index is 1.73. The zero-order valence-electron chi connectivity index (χ0n) is 16.9. The molecular formula is C21H21BrN4O4S. The number of hydrogen-bond donors (Lipinski definition) is 2. The summed E-state index contributed by atoms with van der Waals surface area (Å²) >= 11 is 8.70. The Morgan fingerprint density at radius 3 is 2.35 bits per heavy atom. The van der Waals surface area contributed by atoms with Crippen molar-refractivity contribution in [1.29, 1.82) is 0 Å². The molecule has 3 amide bonds. The molecule has 1 atom stereocenters.